The van der Waals surface area contributed by atoms with Gasteiger partial charge in [0.15, 0.2) is 0 Å². The van der Waals surface area contributed by atoms with Gasteiger partial charge in [-0.25, -0.2) is 4.68 Å². The Morgan fingerprint density at radius 2 is 2.00 bits per heavy atom. The van der Waals surface area contributed by atoms with Gasteiger partial charge in [-0.3, -0.25) is 14.5 Å². The van der Waals surface area contributed by atoms with Crippen LogP contribution in [0.3, 0.4) is 0 Å². The molecule has 2 aliphatic rings. The summed E-state index contributed by atoms with van der Waals surface area (Å²) in [5, 5.41) is 7.76. The van der Waals surface area contributed by atoms with Crippen molar-refractivity contribution in [3.05, 3.63) is 51.9 Å². The first-order valence-electron chi connectivity index (χ1n) is 11.6. The minimum Gasteiger partial charge on any atom is -0.350 e. The number of likely N-dealkylation sites (tertiary alicyclic amines) is 1. The second-order valence-corrected chi connectivity index (χ2v) is 9.45. The minimum absolute atomic E-state index is 0.0351. The maximum Gasteiger partial charge on any atom is 0.267 e. The van der Waals surface area contributed by atoms with Gasteiger partial charge in [0.25, 0.3) is 5.56 Å². The molecule has 1 aliphatic carbocycles. The molecular weight excluding hydrogens is 388 g/mol. The third-order valence-electron chi connectivity index (χ3n) is 6.60. The lowest BCUT2D eigenvalue weighted by Gasteiger charge is -2.42. The van der Waals surface area contributed by atoms with Crippen molar-refractivity contribution in [3.8, 4) is 11.1 Å². The fourth-order valence-electron chi connectivity index (χ4n) is 4.71. The van der Waals surface area contributed by atoms with Crippen molar-refractivity contribution < 1.29 is 4.79 Å². The van der Waals surface area contributed by atoms with Gasteiger partial charge in [0.05, 0.1) is 5.69 Å². The minimum atomic E-state index is -0.240. The van der Waals surface area contributed by atoms with Gasteiger partial charge in [-0.1, -0.05) is 50.1 Å². The summed E-state index contributed by atoms with van der Waals surface area (Å²) < 4.78 is 1.32. The molecule has 2 fully saturated rings. The molecule has 1 saturated carbocycles. The number of benzene rings is 1. The van der Waals surface area contributed by atoms with E-state index in [1.165, 1.54) is 23.9 Å². The number of aryl methyl sites for hydroxylation is 1. The number of hydrogen-bond acceptors (Lipinski definition) is 4. The first-order valence-corrected chi connectivity index (χ1v) is 11.6. The number of carbonyl (C=O) groups is 1. The van der Waals surface area contributed by atoms with Crippen LogP contribution in [-0.2, 0) is 11.3 Å². The van der Waals surface area contributed by atoms with Gasteiger partial charge in [0.1, 0.15) is 6.54 Å². The molecule has 1 amide bonds. The van der Waals surface area contributed by atoms with Crippen LogP contribution in [0.4, 0.5) is 0 Å². The average Bonchev–Trinajstić information content (AvgIpc) is 2.68. The molecule has 31 heavy (non-hydrogen) atoms. The normalized spacial score (nSPS) is 19.9. The summed E-state index contributed by atoms with van der Waals surface area (Å²) in [6.07, 6.45) is 6.00. The fourth-order valence-corrected chi connectivity index (χ4v) is 4.71. The molecule has 1 aromatic carbocycles. The molecule has 0 radical (unpaired) electrons. The zero-order valence-electron chi connectivity index (χ0n) is 18.9. The smallest absolute Gasteiger partial charge is 0.267 e. The van der Waals surface area contributed by atoms with Crippen LogP contribution in [0.25, 0.3) is 11.1 Å². The van der Waals surface area contributed by atoms with Gasteiger partial charge in [-0.2, -0.15) is 5.10 Å². The Balaban J connectivity index is 1.48. The van der Waals surface area contributed by atoms with E-state index in [0.29, 0.717) is 6.04 Å². The van der Waals surface area contributed by atoms with Gasteiger partial charge in [-0.15, -0.1) is 0 Å². The maximum absolute atomic E-state index is 12.8. The van der Waals surface area contributed by atoms with Crippen LogP contribution in [0.1, 0.15) is 63.1 Å². The molecule has 2 aromatic rings. The van der Waals surface area contributed by atoms with E-state index in [2.05, 4.69) is 35.2 Å². The summed E-state index contributed by atoms with van der Waals surface area (Å²) in [6.45, 7) is 8.18. The Morgan fingerprint density at radius 1 is 1.19 bits per heavy atom. The van der Waals surface area contributed by atoms with Crippen LogP contribution in [0.5, 0.6) is 0 Å². The fraction of sp³-hybridized carbons (Fsp3) is 0.560. The van der Waals surface area contributed by atoms with Crippen LogP contribution in [0.2, 0.25) is 0 Å². The first-order chi connectivity index (χ1) is 14.9. The van der Waals surface area contributed by atoms with Gasteiger partial charge in [0, 0.05) is 30.3 Å². The van der Waals surface area contributed by atoms with Gasteiger partial charge < -0.3 is 5.32 Å². The number of aromatic nitrogens is 2. The van der Waals surface area contributed by atoms with Gasteiger partial charge >= 0.3 is 0 Å². The number of nitrogens with zero attached hydrogens (tertiary/aromatic N) is 3. The SMILES string of the molecule is Cc1cccc(-c2cc(=O)n(CC(=O)NC3CCCN(C4CCC4)C3)nc2C(C)C)c1. The summed E-state index contributed by atoms with van der Waals surface area (Å²) >= 11 is 0. The van der Waals surface area contributed by atoms with Crippen molar-refractivity contribution in [2.24, 2.45) is 0 Å². The molecule has 4 rings (SSSR count). The van der Waals surface area contributed by atoms with E-state index in [1.807, 2.05) is 25.1 Å². The molecule has 1 N–H and O–H groups in total. The van der Waals surface area contributed by atoms with Crippen molar-refractivity contribution in [2.45, 2.75) is 77.4 Å². The summed E-state index contributed by atoms with van der Waals surface area (Å²) in [4.78, 5) is 28.1. The summed E-state index contributed by atoms with van der Waals surface area (Å²) in [6, 6.07) is 10.6. The zero-order valence-corrected chi connectivity index (χ0v) is 18.9. The van der Waals surface area contributed by atoms with Crippen molar-refractivity contribution in [3.63, 3.8) is 0 Å². The van der Waals surface area contributed by atoms with E-state index in [1.54, 1.807) is 6.07 Å². The predicted octanol–water partition coefficient (Wildman–Crippen LogP) is 3.48. The molecule has 1 atom stereocenters. The second kappa shape index (κ2) is 9.35. The molecule has 6 nitrogen and oxygen atoms in total. The van der Waals surface area contributed by atoms with E-state index in [0.717, 1.165) is 48.3 Å². The van der Waals surface area contributed by atoms with Crippen LogP contribution < -0.4 is 10.9 Å². The van der Waals surface area contributed by atoms with Crippen LogP contribution in [-0.4, -0.2) is 45.8 Å². The Kier molecular flexibility index (Phi) is 6.56. The Hall–Kier alpha value is -2.47. The van der Waals surface area contributed by atoms with Crippen LogP contribution in [0, 0.1) is 6.92 Å². The molecule has 0 spiro atoms. The quantitative estimate of drug-likeness (QED) is 0.774. The molecule has 2 heterocycles. The molecule has 166 valence electrons. The molecule has 6 heteroatoms. The van der Waals surface area contributed by atoms with Gasteiger partial charge in [-0.05, 0) is 50.6 Å². The number of carbonyl (C=O) groups excluding carboxylic acids is 1. The summed E-state index contributed by atoms with van der Waals surface area (Å²) in [7, 11) is 0. The van der Waals surface area contributed by atoms with E-state index in [4.69, 9.17) is 0 Å². The third-order valence-corrected chi connectivity index (χ3v) is 6.60. The highest BCUT2D eigenvalue weighted by molar-refractivity contribution is 5.76. The highest BCUT2D eigenvalue weighted by Crippen LogP contribution is 2.28. The van der Waals surface area contributed by atoms with Gasteiger partial charge in [0.2, 0.25) is 5.91 Å². The molecular formula is C25H34N4O2. The van der Waals surface area contributed by atoms with Crippen LogP contribution >= 0.6 is 0 Å². The third kappa shape index (κ3) is 5.06. The van der Waals surface area contributed by atoms with Crippen molar-refractivity contribution in [2.75, 3.05) is 13.1 Å². The first kappa shape index (κ1) is 21.8. The maximum atomic E-state index is 12.8. The summed E-state index contributed by atoms with van der Waals surface area (Å²) in [5.41, 5.74) is 3.58. The molecule has 1 unspecified atom stereocenters. The second-order valence-electron chi connectivity index (χ2n) is 9.45. The number of rotatable bonds is 6. The lowest BCUT2D eigenvalue weighted by atomic mass is 9.89. The molecule has 1 aliphatic heterocycles. The van der Waals surface area contributed by atoms with E-state index < -0.39 is 0 Å². The summed E-state index contributed by atoms with van der Waals surface area (Å²) in [5.74, 6) is 0.00729. The van der Waals surface area contributed by atoms with Crippen molar-refractivity contribution in [1.29, 1.82) is 0 Å². The molecule has 0 bridgehead atoms. The lowest BCUT2D eigenvalue weighted by molar-refractivity contribution is -0.123. The van der Waals surface area contributed by atoms with Crippen LogP contribution in [0.15, 0.2) is 35.1 Å². The van der Waals surface area contributed by atoms with E-state index in [9.17, 15) is 9.59 Å². The number of piperidine rings is 1. The van der Waals surface area contributed by atoms with E-state index in [-0.39, 0.29) is 30.0 Å². The molecule has 1 saturated heterocycles. The van der Waals surface area contributed by atoms with Crippen molar-refractivity contribution >= 4 is 5.91 Å². The highest BCUT2D eigenvalue weighted by atomic mass is 16.2. The largest absolute Gasteiger partial charge is 0.350 e. The zero-order chi connectivity index (χ0) is 22.0. The lowest BCUT2D eigenvalue weighted by Crippen LogP contribution is -2.53. The average molecular weight is 423 g/mol. The number of amides is 1. The highest BCUT2D eigenvalue weighted by Gasteiger charge is 2.30. The number of hydrogen-bond donors (Lipinski definition) is 1. The monoisotopic (exact) mass is 422 g/mol. The topological polar surface area (TPSA) is 67.2 Å². The van der Waals surface area contributed by atoms with E-state index >= 15 is 0 Å². The predicted molar refractivity (Wildman–Crippen MR) is 123 cm³/mol. The number of nitrogens with one attached hydrogen (secondary N) is 1. The Morgan fingerprint density at radius 3 is 2.68 bits per heavy atom. The Labute approximate surface area is 184 Å². The standard InChI is InChI=1S/C25H34N4O2/c1-17(2)25-22(19-8-4-7-18(3)13-19)14-24(31)29(27-25)16-23(30)26-20-9-6-12-28(15-20)21-10-5-11-21/h4,7-8,13-14,17,20-21H,5-6,9-12,15-16H2,1-3H3,(H,26,30). The molecule has 1 aromatic heterocycles. The Bertz CT molecular complexity index is 993. The van der Waals surface area contributed by atoms with Crippen molar-refractivity contribution in [1.82, 2.24) is 20.0 Å².